The number of hydrogen-bond acceptors (Lipinski definition) is 4. The first-order valence-electron chi connectivity index (χ1n) is 6.17. The van der Waals surface area contributed by atoms with Crippen LogP contribution in [0.5, 0.6) is 0 Å². The van der Waals surface area contributed by atoms with E-state index in [0.717, 1.165) is 16.0 Å². The van der Waals surface area contributed by atoms with Gasteiger partial charge in [0.05, 0.1) is 11.5 Å². The number of thioether (sulfide) groups is 1. The van der Waals surface area contributed by atoms with Gasteiger partial charge in [-0.2, -0.15) is 0 Å². The van der Waals surface area contributed by atoms with Crippen molar-refractivity contribution in [2.45, 2.75) is 24.2 Å². The minimum absolute atomic E-state index is 0.0181. The predicted molar refractivity (Wildman–Crippen MR) is 79.8 cm³/mol. The molecule has 2 rings (SSSR count). The largest absolute Gasteiger partial charge is 0.392 e. The van der Waals surface area contributed by atoms with E-state index < -0.39 is 0 Å². The molecule has 0 amide bonds. The number of aliphatic hydroxyl groups is 1. The molecule has 5 heteroatoms. The van der Waals surface area contributed by atoms with Crippen LogP contribution in [0.1, 0.15) is 16.7 Å². The normalized spacial score (nSPS) is 10.5. The first-order valence-corrected chi connectivity index (χ1v) is 7.16. The van der Waals surface area contributed by atoms with Gasteiger partial charge in [-0.15, -0.1) is 11.8 Å². The SMILES string of the molecule is Cc1c(CSc2cccc(CO)c2)cccc1[N+](=O)[O-]. The van der Waals surface area contributed by atoms with Crippen molar-refractivity contribution < 1.29 is 10.0 Å². The van der Waals surface area contributed by atoms with E-state index in [0.29, 0.717) is 11.3 Å². The molecule has 0 spiro atoms. The molecule has 0 aliphatic carbocycles. The minimum atomic E-state index is -0.351. The van der Waals surface area contributed by atoms with Gasteiger partial charge in [-0.25, -0.2) is 0 Å². The first-order chi connectivity index (χ1) is 9.61. The van der Waals surface area contributed by atoms with Gasteiger partial charge >= 0.3 is 0 Å². The van der Waals surface area contributed by atoms with Crippen LogP contribution in [0.2, 0.25) is 0 Å². The molecule has 0 saturated heterocycles. The van der Waals surface area contributed by atoms with Crippen LogP contribution in [0.15, 0.2) is 47.4 Å². The highest BCUT2D eigenvalue weighted by Gasteiger charge is 2.13. The summed E-state index contributed by atoms with van der Waals surface area (Å²) in [7, 11) is 0. The fraction of sp³-hybridized carbons (Fsp3) is 0.200. The Morgan fingerprint density at radius 1 is 1.25 bits per heavy atom. The second kappa shape index (κ2) is 6.54. The van der Waals surface area contributed by atoms with Crippen molar-refractivity contribution in [2.24, 2.45) is 0 Å². The third-order valence-corrected chi connectivity index (χ3v) is 4.13. The summed E-state index contributed by atoms with van der Waals surface area (Å²) in [6.07, 6.45) is 0. The average Bonchev–Trinajstić information content (AvgIpc) is 2.46. The van der Waals surface area contributed by atoms with Gasteiger partial charge in [-0.3, -0.25) is 10.1 Å². The zero-order valence-corrected chi connectivity index (χ0v) is 11.9. The van der Waals surface area contributed by atoms with Gasteiger partial charge in [-0.05, 0) is 30.2 Å². The molecule has 104 valence electrons. The molecule has 20 heavy (non-hydrogen) atoms. The Hall–Kier alpha value is -1.85. The Kier molecular flexibility index (Phi) is 4.76. The fourth-order valence-corrected chi connectivity index (χ4v) is 2.96. The summed E-state index contributed by atoms with van der Waals surface area (Å²) in [5.74, 6) is 0.669. The molecule has 0 aliphatic heterocycles. The molecule has 0 atom stereocenters. The van der Waals surface area contributed by atoms with Crippen molar-refractivity contribution in [1.29, 1.82) is 0 Å². The molecular formula is C15H15NO3S. The predicted octanol–water partition coefficient (Wildman–Crippen LogP) is 3.69. The lowest BCUT2D eigenvalue weighted by atomic mass is 10.1. The zero-order valence-electron chi connectivity index (χ0n) is 11.1. The van der Waals surface area contributed by atoms with Crippen molar-refractivity contribution in [2.75, 3.05) is 0 Å². The lowest BCUT2D eigenvalue weighted by Gasteiger charge is -2.07. The van der Waals surface area contributed by atoms with Gasteiger partial charge in [0.15, 0.2) is 0 Å². The third kappa shape index (κ3) is 3.37. The molecule has 0 radical (unpaired) electrons. The number of nitrogens with zero attached hydrogens (tertiary/aromatic N) is 1. The molecule has 0 aliphatic rings. The van der Waals surface area contributed by atoms with Crippen LogP contribution < -0.4 is 0 Å². The van der Waals surface area contributed by atoms with Crippen molar-refractivity contribution in [1.82, 2.24) is 0 Å². The maximum atomic E-state index is 10.9. The molecule has 0 unspecified atom stereocenters. The van der Waals surface area contributed by atoms with Crippen molar-refractivity contribution >= 4 is 17.4 Å². The topological polar surface area (TPSA) is 63.4 Å². The summed E-state index contributed by atoms with van der Waals surface area (Å²) in [5.41, 5.74) is 2.69. The standard InChI is InChI=1S/C15H15NO3S/c1-11-13(5-3-7-15(11)16(18)19)10-20-14-6-2-4-12(8-14)9-17/h2-8,17H,9-10H2,1H3. The quantitative estimate of drug-likeness (QED) is 0.518. The highest BCUT2D eigenvalue weighted by molar-refractivity contribution is 7.98. The van der Waals surface area contributed by atoms with E-state index in [4.69, 9.17) is 5.11 Å². The molecule has 0 aromatic heterocycles. The highest BCUT2D eigenvalue weighted by Crippen LogP contribution is 2.28. The fourth-order valence-electron chi connectivity index (χ4n) is 1.92. The molecule has 0 saturated carbocycles. The van der Waals surface area contributed by atoms with Crippen LogP contribution >= 0.6 is 11.8 Å². The summed E-state index contributed by atoms with van der Waals surface area (Å²) < 4.78 is 0. The first kappa shape index (κ1) is 14.6. The van der Waals surface area contributed by atoms with Gasteiger partial charge < -0.3 is 5.11 Å². The summed E-state index contributed by atoms with van der Waals surface area (Å²) in [6, 6.07) is 12.8. The van der Waals surface area contributed by atoms with Crippen LogP contribution in [0.3, 0.4) is 0 Å². The number of aliphatic hydroxyl groups excluding tert-OH is 1. The maximum Gasteiger partial charge on any atom is 0.272 e. The van der Waals surface area contributed by atoms with Crippen molar-refractivity contribution in [3.8, 4) is 0 Å². The van der Waals surface area contributed by atoms with Gasteiger partial charge in [0.2, 0.25) is 0 Å². The third-order valence-electron chi connectivity index (χ3n) is 3.09. The number of hydrogen-bond donors (Lipinski definition) is 1. The van der Waals surface area contributed by atoms with E-state index in [-0.39, 0.29) is 17.2 Å². The van der Waals surface area contributed by atoms with Gasteiger partial charge in [0.25, 0.3) is 5.69 Å². The number of rotatable bonds is 5. The highest BCUT2D eigenvalue weighted by atomic mass is 32.2. The number of benzene rings is 2. The number of nitro benzene ring substituents is 1. The summed E-state index contributed by atoms with van der Waals surface area (Å²) in [5, 5.41) is 20.0. The smallest absolute Gasteiger partial charge is 0.272 e. The molecule has 0 bridgehead atoms. The number of nitro groups is 1. The lowest BCUT2D eigenvalue weighted by molar-refractivity contribution is -0.385. The maximum absolute atomic E-state index is 10.9. The second-order valence-electron chi connectivity index (χ2n) is 4.41. The summed E-state index contributed by atoms with van der Waals surface area (Å²) in [6.45, 7) is 1.79. The average molecular weight is 289 g/mol. The van der Waals surface area contributed by atoms with E-state index in [1.807, 2.05) is 30.3 Å². The Morgan fingerprint density at radius 2 is 2.00 bits per heavy atom. The Bertz CT molecular complexity index is 628. The van der Waals surface area contributed by atoms with Crippen LogP contribution in [0.25, 0.3) is 0 Å². The minimum Gasteiger partial charge on any atom is -0.392 e. The van der Waals surface area contributed by atoms with Crippen LogP contribution in [-0.4, -0.2) is 10.0 Å². The zero-order chi connectivity index (χ0) is 14.5. The van der Waals surface area contributed by atoms with Gasteiger partial charge in [0.1, 0.15) is 0 Å². The Morgan fingerprint density at radius 3 is 2.70 bits per heavy atom. The molecule has 1 N–H and O–H groups in total. The molecular weight excluding hydrogens is 274 g/mol. The van der Waals surface area contributed by atoms with Crippen LogP contribution in [-0.2, 0) is 12.4 Å². The monoisotopic (exact) mass is 289 g/mol. The van der Waals surface area contributed by atoms with Gasteiger partial charge in [0, 0.05) is 22.3 Å². The van der Waals surface area contributed by atoms with Crippen LogP contribution in [0, 0.1) is 17.0 Å². The van der Waals surface area contributed by atoms with E-state index >= 15 is 0 Å². The van der Waals surface area contributed by atoms with E-state index in [1.165, 1.54) is 6.07 Å². The van der Waals surface area contributed by atoms with E-state index in [2.05, 4.69) is 0 Å². The Balaban J connectivity index is 2.14. The van der Waals surface area contributed by atoms with Crippen molar-refractivity contribution in [3.63, 3.8) is 0 Å². The van der Waals surface area contributed by atoms with Crippen molar-refractivity contribution in [3.05, 3.63) is 69.3 Å². The second-order valence-corrected chi connectivity index (χ2v) is 5.46. The summed E-state index contributed by atoms with van der Waals surface area (Å²) in [4.78, 5) is 11.6. The van der Waals surface area contributed by atoms with Gasteiger partial charge in [-0.1, -0.05) is 24.3 Å². The van der Waals surface area contributed by atoms with E-state index in [1.54, 1.807) is 24.8 Å². The molecule has 4 nitrogen and oxygen atoms in total. The molecule has 2 aromatic rings. The van der Waals surface area contributed by atoms with Crippen LogP contribution in [0.4, 0.5) is 5.69 Å². The lowest BCUT2D eigenvalue weighted by Crippen LogP contribution is -1.95. The molecule has 0 fully saturated rings. The molecule has 0 heterocycles. The Labute approximate surface area is 121 Å². The summed E-state index contributed by atoms with van der Waals surface area (Å²) >= 11 is 1.60. The van der Waals surface area contributed by atoms with E-state index in [9.17, 15) is 10.1 Å². The molecule has 2 aromatic carbocycles.